The standard InChI is InChI=1S/C11H11NO2/c1-8-4-3-5-10(9(8)2)14-11-6-12-7-13-11/h3-7H,1-2H3. The van der Waals surface area contributed by atoms with Gasteiger partial charge in [0.15, 0.2) is 6.39 Å². The highest BCUT2D eigenvalue weighted by Crippen LogP contribution is 2.26. The van der Waals surface area contributed by atoms with E-state index in [0.717, 1.165) is 11.3 Å². The van der Waals surface area contributed by atoms with Crippen LogP contribution in [-0.2, 0) is 0 Å². The average molecular weight is 189 g/mol. The third-order valence-electron chi connectivity index (χ3n) is 2.18. The fraction of sp³-hybridized carbons (Fsp3) is 0.182. The molecule has 3 nitrogen and oxygen atoms in total. The Kier molecular flexibility index (Phi) is 2.23. The average Bonchev–Trinajstić information content (AvgIpc) is 2.66. The first kappa shape index (κ1) is 8.81. The van der Waals surface area contributed by atoms with E-state index in [-0.39, 0.29) is 0 Å². The van der Waals surface area contributed by atoms with E-state index in [1.54, 1.807) is 6.20 Å². The SMILES string of the molecule is Cc1cccc(Oc2cnco2)c1C. The number of aromatic nitrogens is 1. The number of ether oxygens (including phenoxy) is 1. The molecule has 14 heavy (non-hydrogen) atoms. The summed E-state index contributed by atoms with van der Waals surface area (Å²) in [6.45, 7) is 4.06. The Bertz CT molecular complexity index is 421. The third kappa shape index (κ3) is 1.62. The maximum atomic E-state index is 5.50. The normalized spacial score (nSPS) is 10.1. The predicted molar refractivity (Wildman–Crippen MR) is 52.5 cm³/mol. The Morgan fingerprint density at radius 3 is 2.86 bits per heavy atom. The molecule has 0 aliphatic carbocycles. The quantitative estimate of drug-likeness (QED) is 0.728. The molecule has 0 saturated heterocycles. The van der Waals surface area contributed by atoms with Crippen molar-refractivity contribution in [1.82, 2.24) is 4.98 Å². The van der Waals surface area contributed by atoms with E-state index in [1.807, 2.05) is 32.0 Å². The van der Waals surface area contributed by atoms with Crippen LogP contribution in [-0.4, -0.2) is 4.98 Å². The lowest BCUT2D eigenvalue weighted by Crippen LogP contribution is -1.88. The van der Waals surface area contributed by atoms with E-state index in [4.69, 9.17) is 9.15 Å². The maximum Gasteiger partial charge on any atom is 0.310 e. The van der Waals surface area contributed by atoms with E-state index in [9.17, 15) is 0 Å². The summed E-state index contributed by atoms with van der Waals surface area (Å²) in [4.78, 5) is 3.78. The van der Waals surface area contributed by atoms with Crippen LogP contribution in [0.5, 0.6) is 11.7 Å². The van der Waals surface area contributed by atoms with Crippen LogP contribution in [0, 0.1) is 13.8 Å². The monoisotopic (exact) mass is 189 g/mol. The van der Waals surface area contributed by atoms with Crippen LogP contribution in [0.4, 0.5) is 0 Å². The summed E-state index contributed by atoms with van der Waals surface area (Å²) in [6.07, 6.45) is 2.89. The van der Waals surface area contributed by atoms with Crippen LogP contribution in [0.1, 0.15) is 11.1 Å². The van der Waals surface area contributed by atoms with Crippen LogP contribution in [0.15, 0.2) is 35.2 Å². The number of hydrogen-bond donors (Lipinski definition) is 0. The van der Waals surface area contributed by atoms with Gasteiger partial charge in [0.05, 0.1) is 0 Å². The fourth-order valence-corrected chi connectivity index (χ4v) is 1.20. The highest BCUT2D eigenvalue weighted by Gasteiger charge is 2.04. The van der Waals surface area contributed by atoms with Crippen molar-refractivity contribution in [2.45, 2.75) is 13.8 Å². The van der Waals surface area contributed by atoms with Gasteiger partial charge in [-0.05, 0) is 31.0 Å². The minimum absolute atomic E-state index is 0.415. The number of benzene rings is 1. The molecule has 0 aliphatic rings. The molecule has 0 atom stereocenters. The number of aryl methyl sites for hydroxylation is 1. The summed E-state index contributed by atoms with van der Waals surface area (Å²) in [7, 11) is 0. The Hall–Kier alpha value is -1.77. The summed E-state index contributed by atoms with van der Waals surface area (Å²) in [5.74, 6) is 1.22. The van der Waals surface area contributed by atoms with Gasteiger partial charge in [-0.25, -0.2) is 4.98 Å². The highest BCUT2D eigenvalue weighted by atomic mass is 16.6. The largest absolute Gasteiger partial charge is 0.425 e. The van der Waals surface area contributed by atoms with Gasteiger partial charge in [-0.2, -0.15) is 0 Å². The lowest BCUT2D eigenvalue weighted by molar-refractivity contribution is 0.344. The second kappa shape index (κ2) is 3.54. The van der Waals surface area contributed by atoms with Gasteiger partial charge in [0.25, 0.3) is 0 Å². The minimum Gasteiger partial charge on any atom is -0.425 e. The molecule has 2 rings (SSSR count). The van der Waals surface area contributed by atoms with Crippen molar-refractivity contribution >= 4 is 0 Å². The van der Waals surface area contributed by atoms with Gasteiger partial charge in [0.2, 0.25) is 0 Å². The zero-order chi connectivity index (χ0) is 9.97. The summed E-state index contributed by atoms with van der Waals surface area (Å²) in [5.41, 5.74) is 2.31. The molecule has 1 heterocycles. The molecule has 1 aromatic heterocycles. The molecule has 0 aliphatic heterocycles. The maximum absolute atomic E-state index is 5.50. The van der Waals surface area contributed by atoms with Gasteiger partial charge in [-0.15, -0.1) is 0 Å². The lowest BCUT2D eigenvalue weighted by atomic mass is 10.1. The third-order valence-corrected chi connectivity index (χ3v) is 2.18. The van der Waals surface area contributed by atoms with E-state index in [1.165, 1.54) is 12.0 Å². The summed E-state index contributed by atoms with van der Waals surface area (Å²) in [6, 6.07) is 5.90. The van der Waals surface area contributed by atoms with Gasteiger partial charge < -0.3 is 9.15 Å². The van der Waals surface area contributed by atoms with Crippen LogP contribution >= 0.6 is 0 Å². The van der Waals surface area contributed by atoms with Gasteiger partial charge in [-0.3, -0.25) is 0 Å². The predicted octanol–water partition coefficient (Wildman–Crippen LogP) is 3.08. The molecular formula is C11H11NO2. The first-order valence-electron chi connectivity index (χ1n) is 4.40. The number of oxazole rings is 1. The molecular weight excluding hydrogens is 178 g/mol. The first-order chi connectivity index (χ1) is 6.77. The van der Waals surface area contributed by atoms with Gasteiger partial charge in [0, 0.05) is 0 Å². The van der Waals surface area contributed by atoms with Crippen molar-refractivity contribution < 1.29 is 9.15 Å². The highest BCUT2D eigenvalue weighted by molar-refractivity contribution is 5.39. The molecule has 0 N–H and O–H groups in total. The zero-order valence-corrected chi connectivity index (χ0v) is 8.15. The second-order valence-electron chi connectivity index (χ2n) is 3.12. The molecule has 0 bridgehead atoms. The number of nitrogens with zero attached hydrogens (tertiary/aromatic N) is 1. The van der Waals surface area contributed by atoms with Gasteiger partial charge >= 0.3 is 5.95 Å². The molecule has 0 amide bonds. The second-order valence-corrected chi connectivity index (χ2v) is 3.12. The smallest absolute Gasteiger partial charge is 0.310 e. The Morgan fingerprint density at radius 2 is 2.14 bits per heavy atom. The van der Waals surface area contributed by atoms with E-state index in [0.29, 0.717) is 5.95 Å². The zero-order valence-electron chi connectivity index (χ0n) is 8.15. The van der Waals surface area contributed by atoms with E-state index < -0.39 is 0 Å². The molecule has 0 spiro atoms. The van der Waals surface area contributed by atoms with Crippen molar-refractivity contribution in [2.24, 2.45) is 0 Å². The van der Waals surface area contributed by atoms with Crippen molar-refractivity contribution in [3.05, 3.63) is 41.9 Å². The van der Waals surface area contributed by atoms with Crippen LogP contribution < -0.4 is 4.74 Å². The van der Waals surface area contributed by atoms with Crippen LogP contribution in [0.2, 0.25) is 0 Å². The Morgan fingerprint density at radius 1 is 1.29 bits per heavy atom. The van der Waals surface area contributed by atoms with Crippen LogP contribution in [0.25, 0.3) is 0 Å². The van der Waals surface area contributed by atoms with E-state index in [2.05, 4.69) is 4.98 Å². The minimum atomic E-state index is 0.415. The Labute approximate surface area is 82.3 Å². The molecule has 0 saturated carbocycles. The lowest BCUT2D eigenvalue weighted by Gasteiger charge is -2.06. The summed E-state index contributed by atoms with van der Waals surface area (Å²) in [5, 5.41) is 0. The topological polar surface area (TPSA) is 35.3 Å². The first-order valence-corrected chi connectivity index (χ1v) is 4.40. The van der Waals surface area contributed by atoms with E-state index >= 15 is 0 Å². The number of hydrogen-bond acceptors (Lipinski definition) is 3. The molecule has 0 fully saturated rings. The Balaban J connectivity index is 2.29. The molecule has 72 valence electrons. The summed E-state index contributed by atoms with van der Waals surface area (Å²) < 4.78 is 10.5. The van der Waals surface area contributed by atoms with Gasteiger partial charge in [0.1, 0.15) is 11.9 Å². The van der Waals surface area contributed by atoms with Crippen molar-refractivity contribution in [3.8, 4) is 11.7 Å². The van der Waals surface area contributed by atoms with Gasteiger partial charge in [-0.1, -0.05) is 12.1 Å². The van der Waals surface area contributed by atoms with Crippen molar-refractivity contribution in [2.75, 3.05) is 0 Å². The number of rotatable bonds is 2. The molecule has 2 aromatic rings. The van der Waals surface area contributed by atoms with Crippen molar-refractivity contribution in [3.63, 3.8) is 0 Å². The molecule has 3 heteroatoms. The molecule has 0 unspecified atom stereocenters. The summed E-state index contributed by atoms with van der Waals surface area (Å²) >= 11 is 0. The van der Waals surface area contributed by atoms with Crippen molar-refractivity contribution in [1.29, 1.82) is 0 Å². The fourth-order valence-electron chi connectivity index (χ4n) is 1.20. The van der Waals surface area contributed by atoms with Crippen LogP contribution in [0.3, 0.4) is 0 Å². The molecule has 0 radical (unpaired) electrons. The molecule has 1 aromatic carbocycles.